The number of nitrogens with two attached hydrogens (primary N) is 1. The van der Waals surface area contributed by atoms with Gasteiger partial charge in [0.1, 0.15) is 6.04 Å². The van der Waals surface area contributed by atoms with Gasteiger partial charge >= 0.3 is 0 Å². The average molecular weight is 409 g/mol. The Bertz CT molecular complexity index is 882. The zero-order valence-electron chi connectivity index (χ0n) is 18.2. The second kappa shape index (κ2) is 9.30. The zero-order chi connectivity index (χ0) is 21.8. The van der Waals surface area contributed by atoms with Gasteiger partial charge in [-0.2, -0.15) is 0 Å². The van der Waals surface area contributed by atoms with Crippen molar-refractivity contribution in [2.24, 2.45) is 5.73 Å². The van der Waals surface area contributed by atoms with Gasteiger partial charge in [0.2, 0.25) is 5.91 Å². The average Bonchev–Trinajstić information content (AvgIpc) is 2.83. The van der Waals surface area contributed by atoms with Crippen molar-refractivity contribution in [1.29, 1.82) is 0 Å². The maximum absolute atomic E-state index is 13.5. The number of benzene rings is 2. The molecule has 0 saturated carbocycles. The van der Waals surface area contributed by atoms with E-state index in [1.807, 2.05) is 68.4 Å². The topological polar surface area (TPSA) is 78.7 Å². The van der Waals surface area contributed by atoms with E-state index in [4.69, 9.17) is 5.73 Å². The summed E-state index contributed by atoms with van der Waals surface area (Å²) in [6.07, 6.45) is 0.426. The molecule has 6 heteroatoms. The van der Waals surface area contributed by atoms with Crippen LogP contribution in [0.15, 0.2) is 54.6 Å². The summed E-state index contributed by atoms with van der Waals surface area (Å²) in [6, 6.07) is 16.3. The molecule has 6 nitrogen and oxygen atoms in total. The van der Waals surface area contributed by atoms with Gasteiger partial charge in [-0.1, -0.05) is 42.5 Å². The minimum Gasteiger partial charge on any atom is -0.365 e. The Morgan fingerprint density at radius 2 is 1.60 bits per heavy atom. The van der Waals surface area contributed by atoms with Crippen LogP contribution in [0.5, 0.6) is 0 Å². The van der Waals surface area contributed by atoms with E-state index >= 15 is 0 Å². The Balaban J connectivity index is 1.85. The van der Waals surface area contributed by atoms with Gasteiger partial charge in [0.15, 0.2) is 0 Å². The van der Waals surface area contributed by atoms with Crippen LogP contribution in [0, 0.1) is 0 Å². The van der Waals surface area contributed by atoms with Crippen LogP contribution in [0.2, 0.25) is 0 Å². The molecule has 1 heterocycles. The minimum atomic E-state index is -0.717. The molecule has 2 aromatic rings. The molecule has 3 rings (SSSR count). The summed E-state index contributed by atoms with van der Waals surface area (Å²) in [5.74, 6) is -0.420. The third-order valence-electron chi connectivity index (χ3n) is 5.46. The molecule has 0 fully saturated rings. The molecule has 2 atom stereocenters. The molecule has 1 aliphatic heterocycles. The molecule has 0 saturated heterocycles. The number of rotatable bonds is 6. The van der Waals surface area contributed by atoms with Crippen molar-refractivity contribution in [3.05, 3.63) is 60.2 Å². The molecule has 160 valence electrons. The summed E-state index contributed by atoms with van der Waals surface area (Å²) in [6.45, 7) is 8.55. The fourth-order valence-electron chi connectivity index (χ4n) is 3.94. The number of carbonyl (C=O) groups is 2. The fraction of sp³-hybridized carbons (Fsp3) is 0.417. The van der Waals surface area contributed by atoms with Crippen molar-refractivity contribution in [3.63, 3.8) is 0 Å². The Morgan fingerprint density at radius 3 is 2.20 bits per heavy atom. The van der Waals surface area contributed by atoms with E-state index in [1.54, 1.807) is 4.90 Å². The highest BCUT2D eigenvalue weighted by Gasteiger charge is 2.37. The van der Waals surface area contributed by atoms with Gasteiger partial charge < -0.3 is 20.9 Å². The molecule has 3 N–H and O–H groups in total. The number of nitrogens with zero attached hydrogens (tertiary/aromatic N) is 2. The Kier molecular flexibility index (Phi) is 6.77. The molecule has 0 aromatic heterocycles. The quantitative estimate of drug-likeness (QED) is 0.770. The van der Waals surface area contributed by atoms with E-state index in [1.165, 1.54) is 0 Å². The van der Waals surface area contributed by atoms with E-state index in [2.05, 4.69) is 24.1 Å². The standard InChI is InChI=1S/C24H32N4O2/c1-16(2)27-15-20(26-23(29)19(25)14-18-10-6-5-7-11-18)24(30)28(17(3)4)22-13-9-8-12-21(22)27/h5-13,16-17,19-20H,14-15,25H2,1-4H3,(H,26,29)/t19-,20?/m1/s1. The van der Waals surface area contributed by atoms with E-state index < -0.39 is 12.1 Å². The second-order valence-electron chi connectivity index (χ2n) is 8.39. The third kappa shape index (κ3) is 4.65. The van der Waals surface area contributed by atoms with Crippen molar-refractivity contribution < 1.29 is 9.59 Å². The summed E-state index contributed by atoms with van der Waals surface area (Å²) in [7, 11) is 0. The summed E-state index contributed by atoms with van der Waals surface area (Å²) in [4.78, 5) is 30.3. The molecule has 1 unspecified atom stereocenters. The fourth-order valence-corrected chi connectivity index (χ4v) is 3.94. The van der Waals surface area contributed by atoms with E-state index in [9.17, 15) is 9.59 Å². The number of hydrogen-bond acceptors (Lipinski definition) is 4. The Hall–Kier alpha value is -2.86. The van der Waals surface area contributed by atoms with Crippen molar-refractivity contribution in [1.82, 2.24) is 5.32 Å². The van der Waals surface area contributed by atoms with Crippen LogP contribution in [-0.2, 0) is 16.0 Å². The van der Waals surface area contributed by atoms with Gasteiger partial charge in [0, 0.05) is 18.6 Å². The van der Waals surface area contributed by atoms with E-state index in [0.717, 1.165) is 16.9 Å². The highest BCUT2D eigenvalue weighted by atomic mass is 16.2. The number of hydrogen-bond donors (Lipinski definition) is 2. The minimum absolute atomic E-state index is 0.0387. The number of fused-ring (bicyclic) bond motifs is 1. The molecule has 30 heavy (non-hydrogen) atoms. The van der Waals surface area contributed by atoms with Crippen LogP contribution >= 0.6 is 0 Å². The monoisotopic (exact) mass is 408 g/mol. The number of anilines is 2. The molecule has 0 spiro atoms. The van der Waals surface area contributed by atoms with Gasteiger partial charge in [-0.3, -0.25) is 9.59 Å². The number of para-hydroxylation sites is 2. The lowest BCUT2D eigenvalue weighted by molar-refractivity contribution is -0.128. The predicted molar refractivity (Wildman–Crippen MR) is 122 cm³/mol. The van der Waals surface area contributed by atoms with Crippen molar-refractivity contribution in [3.8, 4) is 0 Å². The summed E-state index contributed by atoms with van der Waals surface area (Å²) >= 11 is 0. The molecule has 0 aliphatic carbocycles. The molecule has 1 aliphatic rings. The van der Waals surface area contributed by atoms with Gasteiger partial charge in [0.25, 0.3) is 5.91 Å². The lowest BCUT2D eigenvalue weighted by atomic mass is 10.1. The van der Waals surface area contributed by atoms with Crippen LogP contribution in [0.1, 0.15) is 33.3 Å². The predicted octanol–water partition coefficient (Wildman–Crippen LogP) is 2.71. The number of amides is 2. The lowest BCUT2D eigenvalue weighted by Crippen LogP contribution is -2.57. The summed E-state index contributed by atoms with van der Waals surface area (Å²) in [5.41, 5.74) is 9.04. The summed E-state index contributed by atoms with van der Waals surface area (Å²) < 4.78 is 0. The van der Waals surface area contributed by atoms with Crippen LogP contribution in [0.4, 0.5) is 11.4 Å². The summed E-state index contributed by atoms with van der Waals surface area (Å²) in [5, 5.41) is 2.94. The molecule has 0 radical (unpaired) electrons. The molecule has 2 aromatic carbocycles. The van der Waals surface area contributed by atoms with Gasteiger partial charge in [-0.15, -0.1) is 0 Å². The SMILES string of the molecule is CC(C)N1CC(NC(=O)[C@H](N)Cc2ccccc2)C(=O)N(C(C)C)c2ccccc21. The molecular formula is C24H32N4O2. The maximum atomic E-state index is 13.5. The zero-order valence-corrected chi connectivity index (χ0v) is 18.2. The highest BCUT2D eigenvalue weighted by molar-refractivity contribution is 6.04. The molecule has 0 bridgehead atoms. The van der Waals surface area contributed by atoms with Gasteiger partial charge in [-0.05, 0) is 51.8 Å². The first-order valence-corrected chi connectivity index (χ1v) is 10.6. The normalized spacial score (nSPS) is 17.7. The number of nitrogens with one attached hydrogen (secondary N) is 1. The number of carbonyl (C=O) groups excluding carboxylic acids is 2. The van der Waals surface area contributed by atoms with Crippen molar-refractivity contribution in [2.45, 2.75) is 58.3 Å². The first kappa shape index (κ1) is 21.8. The second-order valence-corrected chi connectivity index (χ2v) is 8.39. The largest absolute Gasteiger partial charge is 0.365 e. The van der Waals surface area contributed by atoms with Gasteiger partial charge in [0.05, 0.1) is 17.4 Å². The lowest BCUT2D eigenvalue weighted by Gasteiger charge is -2.31. The van der Waals surface area contributed by atoms with Crippen molar-refractivity contribution in [2.75, 3.05) is 16.3 Å². The Morgan fingerprint density at radius 1 is 1.00 bits per heavy atom. The van der Waals surface area contributed by atoms with Crippen LogP contribution in [-0.4, -0.2) is 42.5 Å². The molecular weight excluding hydrogens is 376 g/mol. The maximum Gasteiger partial charge on any atom is 0.251 e. The van der Waals surface area contributed by atoms with E-state index in [-0.39, 0.29) is 23.9 Å². The van der Waals surface area contributed by atoms with Gasteiger partial charge in [-0.25, -0.2) is 0 Å². The van der Waals surface area contributed by atoms with Crippen LogP contribution in [0.3, 0.4) is 0 Å². The Labute approximate surface area is 179 Å². The van der Waals surface area contributed by atoms with Crippen molar-refractivity contribution >= 4 is 23.2 Å². The molecule has 2 amide bonds. The smallest absolute Gasteiger partial charge is 0.251 e. The third-order valence-corrected chi connectivity index (χ3v) is 5.46. The van der Waals surface area contributed by atoms with Crippen LogP contribution in [0.25, 0.3) is 0 Å². The first-order chi connectivity index (χ1) is 14.3. The van der Waals surface area contributed by atoms with E-state index in [0.29, 0.717) is 13.0 Å². The first-order valence-electron chi connectivity index (χ1n) is 10.6. The van der Waals surface area contributed by atoms with Crippen LogP contribution < -0.4 is 20.9 Å². The highest BCUT2D eigenvalue weighted by Crippen LogP contribution is 2.35.